The molecule has 1 aromatic heterocycles. The monoisotopic (exact) mass is 545 g/mol. The number of benzene rings is 2. The zero-order chi connectivity index (χ0) is 28.2. The van der Waals surface area contributed by atoms with E-state index in [-0.39, 0.29) is 24.1 Å². The standard InChI is InChI=1S/C30H35N5O5/c1-32(18-22-6-9-23(39-3)10-7-22)19-24-20-34(15-16-40-24)14-4-5-21-8-11-25-27(17-21)33(2)30(38)35(25)26-12-13-28(36)31-29(26)37/h6-11,17,24,26H,12-16,18-20H2,1-3H3,(H,31,36,37). The second kappa shape index (κ2) is 12.1. The van der Waals surface area contributed by atoms with Crippen molar-refractivity contribution < 1.29 is 19.1 Å². The molecule has 3 aromatic rings. The molecule has 0 bridgehead atoms. The molecule has 3 heterocycles. The van der Waals surface area contributed by atoms with Crippen LogP contribution >= 0.6 is 0 Å². The van der Waals surface area contributed by atoms with E-state index in [1.807, 2.05) is 30.3 Å². The van der Waals surface area contributed by atoms with Gasteiger partial charge in [-0.1, -0.05) is 24.0 Å². The summed E-state index contributed by atoms with van der Waals surface area (Å²) in [6.07, 6.45) is 0.629. The Morgan fingerprint density at radius 1 is 1.12 bits per heavy atom. The molecule has 2 amide bonds. The van der Waals surface area contributed by atoms with Crippen LogP contribution in [0, 0.1) is 11.8 Å². The fourth-order valence-corrected chi connectivity index (χ4v) is 5.41. The van der Waals surface area contributed by atoms with Crippen molar-refractivity contribution in [3.8, 4) is 17.6 Å². The number of morpholine rings is 1. The Balaban J connectivity index is 1.20. The SMILES string of the molecule is COc1ccc(CN(C)CC2CN(CC#Cc3ccc4c(c3)n(C)c(=O)n4C3CCC(=O)NC3=O)CCO2)cc1. The molecular weight excluding hydrogens is 510 g/mol. The summed E-state index contributed by atoms with van der Waals surface area (Å²) < 4.78 is 14.3. The molecule has 10 nitrogen and oxygen atoms in total. The smallest absolute Gasteiger partial charge is 0.329 e. The number of hydrogen-bond acceptors (Lipinski definition) is 7. The van der Waals surface area contributed by atoms with Crippen molar-refractivity contribution in [1.82, 2.24) is 24.3 Å². The minimum atomic E-state index is -0.699. The Hall–Kier alpha value is -3.91. The third-order valence-corrected chi connectivity index (χ3v) is 7.50. The maximum absolute atomic E-state index is 13.0. The molecule has 0 spiro atoms. The Morgan fingerprint density at radius 3 is 2.67 bits per heavy atom. The molecule has 0 radical (unpaired) electrons. The molecule has 10 heteroatoms. The number of methoxy groups -OCH3 is 1. The molecule has 5 rings (SSSR count). The number of piperidine rings is 1. The zero-order valence-electron chi connectivity index (χ0n) is 23.2. The van der Waals surface area contributed by atoms with Gasteiger partial charge in [-0.15, -0.1) is 0 Å². The lowest BCUT2D eigenvalue weighted by molar-refractivity contribution is -0.135. The third-order valence-electron chi connectivity index (χ3n) is 7.50. The van der Waals surface area contributed by atoms with Crippen LogP contribution in [0.25, 0.3) is 11.0 Å². The summed E-state index contributed by atoms with van der Waals surface area (Å²) in [7, 11) is 5.45. The van der Waals surface area contributed by atoms with Crippen molar-refractivity contribution in [2.24, 2.45) is 7.05 Å². The summed E-state index contributed by atoms with van der Waals surface area (Å²) in [6.45, 7) is 4.59. The third kappa shape index (κ3) is 6.12. The zero-order valence-corrected chi connectivity index (χ0v) is 23.2. The van der Waals surface area contributed by atoms with E-state index < -0.39 is 11.9 Å². The predicted molar refractivity (Wildman–Crippen MR) is 151 cm³/mol. The van der Waals surface area contributed by atoms with E-state index in [0.29, 0.717) is 30.6 Å². The first-order chi connectivity index (χ1) is 19.3. The quantitative estimate of drug-likeness (QED) is 0.355. The number of rotatable bonds is 7. The van der Waals surface area contributed by atoms with Crippen LogP contribution in [0.3, 0.4) is 0 Å². The number of hydrogen-bond donors (Lipinski definition) is 1. The fraction of sp³-hybridized carbons (Fsp3) is 0.433. The summed E-state index contributed by atoms with van der Waals surface area (Å²) in [4.78, 5) is 41.5. The number of likely N-dealkylation sites (N-methyl/N-ethyl adjacent to an activating group) is 1. The largest absolute Gasteiger partial charge is 0.497 e. The lowest BCUT2D eigenvalue weighted by atomic mass is 10.1. The molecule has 2 fully saturated rings. The second-order valence-electron chi connectivity index (χ2n) is 10.5. The molecule has 2 aliphatic heterocycles. The number of aryl methyl sites for hydroxylation is 1. The number of ether oxygens (including phenoxy) is 2. The van der Waals surface area contributed by atoms with Gasteiger partial charge in [-0.3, -0.25) is 33.8 Å². The lowest BCUT2D eigenvalue weighted by Gasteiger charge is -2.33. The van der Waals surface area contributed by atoms with Gasteiger partial charge < -0.3 is 9.47 Å². The van der Waals surface area contributed by atoms with Gasteiger partial charge in [-0.05, 0) is 49.4 Å². The van der Waals surface area contributed by atoms with Gasteiger partial charge in [-0.2, -0.15) is 0 Å². The lowest BCUT2D eigenvalue weighted by Crippen LogP contribution is -2.46. The number of amides is 2. The van der Waals surface area contributed by atoms with Crippen LogP contribution in [0.5, 0.6) is 5.75 Å². The van der Waals surface area contributed by atoms with Crippen LogP contribution < -0.4 is 15.7 Å². The van der Waals surface area contributed by atoms with Gasteiger partial charge in [0.2, 0.25) is 11.8 Å². The van der Waals surface area contributed by atoms with Crippen molar-refractivity contribution in [3.05, 3.63) is 64.1 Å². The number of aromatic nitrogens is 2. The van der Waals surface area contributed by atoms with Crippen molar-refractivity contribution >= 4 is 22.8 Å². The first-order valence-electron chi connectivity index (χ1n) is 13.5. The molecule has 1 N–H and O–H groups in total. The van der Waals surface area contributed by atoms with E-state index in [9.17, 15) is 14.4 Å². The summed E-state index contributed by atoms with van der Waals surface area (Å²) in [5.41, 5.74) is 3.09. The van der Waals surface area contributed by atoms with E-state index in [1.165, 1.54) is 14.7 Å². The van der Waals surface area contributed by atoms with Crippen LogP contribution in [0.1, 0.15) is 30.0 Å². The Morgan fingerprint density at radius 2 is 1.93 bits per heavy atom. The van der Waals surface area contributed by atoms with E-state index in [4.69, 9.17) is 9.47 Å². The van der Waals surface area contributed by atoms with Crippen LogP contribution in [-0.2, 0) is 27.9 Å². The van der Waals surface area contributed by atoms with E-state index in [1.54, 1.807) is 14.2 Å². The Labute approximate surface area is 233 Å². The molecule has 40 heavy (non-hydrogen) atoms. The number of carbonyl (C=O) groups is 2. The highest BCUT2D eigenvalue weighted by Crippen LogP contribution is 2.23. The normalized spacial score (nSPS) is 19.9. The number of nitrogens with zero attached hydrogens (tertiary/aromatic N) is 4. The molecule has 2 aliphatic rings. The average Bonchev–Trinajstić information content (AvgIpc) is 3.18. The van der Waals surface area contributed by atoms with Crippen molar-refractivity contribution in [2.75, 3.05) is 46.9 Å². The van der Waals surface area contributed by atoms with Gasteiger partial charge in [0.15, 0.2) is 0 Å². The van der Waals surface area contributed by atoms with Crippen molar-refractivity contribution in [3.63, 3.8) is 0 Å². The van der Waals surface area contributed by atoms with Crippen LogP contribution in [-0.4, -0.2) is 83.8 Å². The predicted octanol–water partition coefficient (Wildman–Crippen LogP) is 1.51. The maximum Gasteiger partial charge on any atom is 0.329 e. The Bertz CT molecular complexity index is 1510. The number of nitrogens with one attached hydrogen (secondary N) is 1. The fourth-order valence-electron chi connectivity index (χ4n) is 5.41. The first-order valence-corrected chi connectivity index (χ1v) is 13.5. The number of imide groups is 1. The highest BCUT2D eigenvalue weighted by Gasteiger charge is 2.31. The van der Waals surface area contributed by atoms with Crippen LogP contribution in [0.2, 0.25) is 0 Å². The van der Waals surface area contributed by atoms with Gasteiger partial charge in [-0.25, -0.2) is 4.79 Å². The first kappa shape index (κ1) is 27.6. The van der Waals surface area contributed by atoms with E-state index in [2.05, 4.69) is 46.1 Å². The van der Waals surface area contributed by atoms with Gasteiger partial charge >= 0.3 is 5.69 Å². The van der Waals surface area contributed by atoms with Crippen molar-refractivity contribution in [1.29, 1.82) is 0 Å². The average molecular weight is 546 g/mol. The minimum absolute atomic E-state index is 0.108. The molecule has 210 valence electrons. The van der Waals surface area contributed by atoms with E-state index in [0.717, 1.165) is 37.5 Å². The van der Waals surface area contributed by atoms with Crippen LogP contribution in [0.15, 0.2) is 47.3 Å². The molecule has 2 atom stereocenters. The topological polar surface area (TPSA) is 98.0 Å². The Kier molecular flexibility index (Phi) is 8.35. The number of carbonyl (C=O) groups excluding carboxylic acids is 2. The highest BCUT2D eigenvalue weighted by atomic mass is 16.5. The molecule has 0 saturated carbocycles. The summed E-state index contributed by atoms with van der Waals surface area (Å²) in [6, 6.07) is 13.0. The second-order valence-corrected chi connectivity index (χ2v) is 10.5. The van der Waals surface area contributed by atoms with E-state index >= 15 is 0 Å². The highest BCUT2D eigenvalue weighted by molar-refractivity contribution is 6.00. The van der Waals surface area contributed by atoms with Gasteiger partial charge in [0.05, 0.1) is 37.4 Å². The number of imidazole rings is 1. The summed E-state index contributed by atoms with van der Waals surface area (Å²) >= 11 is 0. The van der Waals surface area contributed by atoms with Gasteiger partial charge in [0, 0.05) is 45.2 Å². The van der Waals surface area contributed by atoms with Gasteiger partial charge in [0.25, 0.3) is 0 Å². The summed E-state index contributed by atoms with van der Waals surface area (Å²) in [5.74, 6) is 6.62. The molecule has 2 unspecified atom stereocenters. The molecule has 2 saturated heterocycles. The molecular formula is C30H35N5O5. The van der Waals surface area contributed by atoms with Gasteiger partial charge in [0.1, 0.15) is 11.8 Å². The summed E-state index contributed by atoms with van der Waals surface area (Å²) in [5, 5.41) is 2.34. The molecule has 0 aliphatic carbocycles. The minimum Gasteiger partial charge on any atom is -0.497 e. The maximum atomic E-state index is 13.0. The van der Waals surface area contributed by atoms with Crippen molar-refractivity contribution in [2.45, 2.75) is 31.5 Å². The molecule has 2 aromatic carbocycles. The number of fused-ring (bicyclic) bond motifs is 1. The van der Waals surface area contributed by atoms with Crippen LogP contribution in [0.4, 0.5) is 0 Å².